The van der Waals surface area contributed by atoms with Crippen molar-refractivity contribution in [3.8, 4) is 5.88 Å². The third kappa shape index (κ3) is 5.20. The number of nitrogens with one attached hydrogen (secondary N) is 1. The quantitative estimate of drug-likeness (QED) is 0.665. The number of methoxy groups -OCH3 is 1. The molecule has 2 rings (SSSR count). The lowest BCUT2D eigenvalue weighted by Crippen LogP contribution is -2.16. The van der Waals surface area contributed by atoms with Gasteiger partial charge in [-0.25, -0.2) is 9.78 Å². The molecular weight excluding hydrogens is 336 g/mol. The molecule has 1 aromatic heterocycles. The number of carboxylic acid groups (broad SMARTS) is 1. The summed E-state index contributed by atoms with van der Waals surface area (Å²) < 4.78 is 9.96. The molecule has 2 aromatic rings. The van der Waals surface area contributed by atoms with Crippen molar-refractivity contribution in [2.45, 2.75) is 19.3 Å². The third-order valence-corrected chi connectivity index (χ3v) is 3.80. The molecule has 1 aromatic carbocycles. The smallest absolute Gasteiger partial charge is 0.338 e. The molecule has 0 aliphatic carbocycles. The van der Waals surface area contributed by atoms with E-state index in [4.69, 9.17) is 9.47 Å². The molecule has 1 heterocycles. The highest BCUT2D eigenvalue weighted by atomic mass is 16.5. The number of benzene rings is 1. The number of hydrogen-bond acceptors (Lipinski definition) is 6. The van der Waals surface area contributed by atoms with Gasteiger partial charge in [-0.05, 0) is 37.1 Å². The normalized spacial score (nSPS) is 11.5. The second-order valence-electron chi connectivity index (χ2n) is 5.54. The average molecular weight is 358 g/mol. The summed E-state index contributed by atoms with van der Waals surface area (Å²) in [6, 6.07) is 10.3. The minimum atomic E-state index is -0.918. The van der Waals surface area contributed by atoms with Crippen LogP contribution in [0.25, 0.3) is 0 Å². The van der Waals surface area contributed by atoms with Gasteiger partial charge < -0.3 is 19.9 Å². The minimum absolute atomic E-state index is 0.312. The van der Waals surface area contributed by atoms with Crippen LogP contribution >= 0.6 is 0 Å². The number of aliphatic carboxylic acids is 1. The fourth-order valence-electron chi connectivity index (χ4n) is 2.48. The lowest BCUT2D eigenvalue weighted by molar-refractivity contribution is -0.138. The summed E-state index contributed by atoms with van der Waals surface area (Å²) in [5, 5.41) is 12.6. The summed E-state index contributed by atoms with van der Waals surface area (Å²) in [5.41, 5.74) is 1.79. The van der Waals surface area contributed by atoms with Crippen molar-refractivity contribution < 1.29 is 24.2 Å². The summed E-state index contributed by atoms with van der Waals surface area (Å²) in [4.78, 5) is 27.4. The molecule has 0 aliphatic rings. The van der Waals surface area contributed by atoms with Crippen LogP contribution in [-0.2, 0) is 9.53 Å². The summed E-state index contributed by atoms with van der Waals surface area (Å²) in [6.45, 7) is 2.49. The van der Waals surface area contributed by atoms with Crippen LogP contribution < -0.4 is 10.1 Å². The molecule has 0 amide bonds. The number of hydrogen-bond donors (Lipinski definition) is 2. The van der Waals surface area contributed by atoms with E-state index in [1.807, 2.05) is 6.07 Å². The maximum Gasteiger partial charge on any atom is 0.338 e. The average Bonchev–Trinajstić information content (AvgIpc) is 2.65. The Labute approximate surface area is 152 Å². The van der Waals surface area contributed by atoms with Crippen molar-refractivity contribution in [2.75, 3.05) is 25.6 Å². The number of pyridine rings is 1. The summed E-state index contributed by atoms with van der Waals surface area (Å²) in [6.07, 6.45) is 1.88. The molecule has 7 nitrogen and oxygen atoms in total. The molecule has 0 saturated heterocycles. The second kappa shape index (κ2) is 9.41. The standard InChI is InChI=1S/C19H22N2O5/c1-3-26-19(24)13-5-4-6-15(11-13)20-10-9-16(18(22)23)14-7-8-17(25-2)21-12-14/h4-8,11-12,16,20H,3,9-10H2,1-2H3,(H,22,23). The Kier molecular flexibility index (Phi) is 6.96. The molecule has 0 saturated carbocycles. The number of ether oxygens (including phenoxy) is 2. The SMILES string of the molecule is CCOC(=O)c1cccc(NCCC(C(=O)O)c2ccc(OC)nc2)c1. The monoisotopic (exact) mass is 358 g/mol. The summed E-state index contributed by atoms with van der Waals surface area (Å²) >= 11 is 0. The van der Waals surface area contributed by atoms with Crippen molar-refractivity contribution >= 4 is 17.6 Å². The van der Waals surface area contributed by atoms with Crippen LogP contribution in [0.4, 0.5) is 5.69 Å². The topological polar surface area (TPSA) is 97.8 Å². The van der Waals surface area contributed by atoms with Crippen LogP contribution in [0, 0.1) is 0 Å². The van der Waals surface area contributed by atoms with E-state index < -0.39 is 11.9 Å². The fourth-order valence-corrected chi connectivity index (χ4v) is 2.48. The van der Waals surface area contributed by atoms with E-state index >= 15 is 0 Å². The molecule has 0 bridgehead atoms. The number of aromatic nitrogens is 1. The van der Waals surface area contributed by atoms with Crippen LogP contribution in [0.15, 0.2) is 42.6 Å². The van der Waals surface area contributed by atoms with E-state index in [0.29, 0.717) is 36.6 Å². The Morgan fingerprint density at radius 1 is 1.27 bits per heavy atom. The van der Waals surface area contributed by atoms with Gasteiger partial charge in [0.1, 0.15) is 0 Å². The van der Waals surface area contributed by atoms with Crippen LogP contribution in [0.5, 0.6) is 5.88 Å². The van der Waals surface area contributed by atoms with Gasteiger partial charge in [-0.15, -0.1) is 0 Å². The van der Waals surface area contributed by atoms with E-state index in [2.05, 4.69) is 10.3 Å². The van der Waals surface area contributed by atoms with Crippen molar-refractivity contribution in [3.05, 3.63) is 53.7 Å². The van der Waals surface area contributed by atoms with Gasteiger partial charge in [0.15, 0.2) is 0 Å². The number of anilines is 1. The number of nitrogens with zero attached hydrogens (tertiary/aromatic N) is 1. The van der Waals surface area contributed by atoms with Crippen LogP contribution in [0.2, 0.25) is 0 Å². The summed E-state index contributed by atoms with van der Waals surface area (Å²) in [5.74, 6) is -1.55. The lowest BCUT2D eigenvalue weighted by atomic mass is 9.97. The largest absolute Gasteiger partial charge is 0.481 e. The van der Waals surface area contributed by atoms with Crippen molar-refractivity contribution in [1.82, 2.24) is 4.98 Å². The Morgan fingerprint density at radius 2 is 2.08 bits per heavy atom. The summed E-state index contributed by atoms with van der Waals surface area (Å²) in [7, 11) is 1.50. The molecule has 26 heavy (non-hydrogen) atoms. The zero-order chi connectivity index (χ0) is 18.9. The van der Waals surface area contributed by atoms with Gasteiger partial charge in [-0.1, -0.05) is 12.1 Å². The molecule has 0 fully saturated rings. The van der Waals surface area contributed by atoms with Gasteiger partial charge in [-0.3, -0.25) is 4.79 Å². The highest BCUT2D eigenvalue weighted by Gasteiger charge is 2.20. The predicted octanol–water partition coefficient (Wildman–Crippen LogP) is 2.94. The lowest BCUT2D eigenvalue weighted by Gasteiger charge is -2.14. The molecule has 0 radical (unpaired) electrons. The van der Waals surface area contributed by atoms with E-state index in [1.54, 1.807) is 37.3 Å². The molecular formula is C19H22N2O5. The molecule has 1 unspecified atom stereocenters. The number of carbonyl (C=O) groups excluding carboxylic acids is 1. The predicted molar refractivity (Wildman–Crippen MR) is 96.7 cm³/mol. The molecule has 0 spiro atoms. The number of carboxylic acids is 1. The first kappa shape index (κ1) is 19.2. The number of carbonyl (C=O) groups is 2. The van der Waals surface area contributed by atoms with E-state index in [-0.39, 0.29) is 5.97 Å². The van der Waals surface area contributed by atoms with E-state index in [0.717, 1.165) is 5.69 Å². The molecule has 1 atom stereocenters. The first-order valence-corrected chi connectivity index (χ1v) is 8.29. The second-order valence-corrected chi connectivity index (χ2v) is 5.54. The van der Waals surface area contributed by atoms with Gasteiger partial charge in [0, 0.05) is 24.5 Å². The number of rotatable bonds is 9. The van der Waals surface area contributed by atoms with Crippen LogP contribution in [0.3, 0.4) is 0 Å². The Balaban J connectivity index is 1.98. The van der Waals surface area contributed by atoms with Gasteiger partial charge in [0.25, 0.3) is 0 Å². The fraction of sp³-hybridized carbons (Fsp3) is 0.316. The molecule has 2 N–H and O–H groups in total. The molecule has 7 heteroatoms. The van der Waals surface area contributed by atoms with Crippen LogP contribution in [-0.4, -0.2) is 42.3 Å². The maximum absolute atomic E-state index is 11.8. The van der Waals surface area contributed by atoms with Gasteiger partial charge in [0.05, 0.1) is 25.2 Å². The zero-order valence-electron chi connectivity index (χ0n) is 14.8. The van der Waals surface area contributed by atoms with E-state index in [9.17, 15) is 14.7 Å². The van der Waals surface area contributed by atoms with Gasteiger partial charge >= 0.3 is 11.9 Å². The first-order chi connectivity index (χ1) is 12.5. The van der Waals surface area contributed by atoms with Crippen LogP contribution in [0.1, 0.15) is 35.2 Å². The minimum Gasteiger partial charge on any atom is -0.481 e. The van der Waals surface area contributed by atoms with Crippen molar-refractivity contribution in [3.63, 3.8) is 0 Å². The third-order valence-electron chi connectivity index (χ3n) is 3.80. The molecule has 138 valence electrons. The van der Waals surface area contributed by atoms with E-state index in [1.165, 1.54) is 13.3 Å². The zero-order valence-corrected chi connectivity index (χ0v) is 14.8. The highest BCUT2D eigenvalue weighted by molar-refractivity contribution is 5.90. The van der Waals surface area contributed by atoms with Gasteiger partial charge in [-0.2, -0.15) is 0 Å². The Hall–Kier alpha value is -3.09. The first-order valence-electron chi connectivity index (χ1n) is 8.29. The van der Waals surface area contributed by atoms with Crippen molar-refractivity contribution in [1.29, 1.82) is 0 Å². The Morgan fingerprint density at radius 3 is 2.69 bits per heavy atom. The van der Waals surface area contributed by atoms with Gasteiger partial charge in [0.2, 0.25) is 5.88 Å². The molecule has 0 aliphatic heterocycles. The van der Waals surface area contributed by atoms with Crippen molar-refractivity contribution in [2.24, 2.45) is 0 Å². The number of esters is 1. The Bertz CT molecular complexity index is 746. The highest BCUT2D eigenvalue weighted by Crippen LogP contribution is 2.21. The maximum atomic E-state index is 11.8.